The number of imidazole rings is 1. The number of fused-ring (bicyclic) bond motifs is 1. The van der Waals surface area contributed by atoms with E-state index in [9.17, 15) is 13.2 Å². The molecule has 0 unspecified atom stereocenters. The zero-order valence-electron chi connectivity index (χ0n) is 17.8. The molecular weight excluding hydrogens is 424 g/mol. The molecule has 0 aliphatic carbocycles. The number of sulfonamides is 1. The Morgan fingerprint density at radius 2 is 1.72 bits per heavy atom. The van der Waals surface area contributed by atoms with Crippen molar-refractivity contribution < 1.29 is 13.2 Å². The number of aromatic nitrogens is 2. The summed E-state index contributed by atoms with van der Waals surface area (Å²) in [7, 11) is -3.51. The molecule has 3 heterocycles. The Balaban J connectivity index is 1.31. The molecular formula is C24H26N4O3S. The molecule has 2 aromatic carbocycles. The highest BCUT2D eigenvalue weighted by Gasteiger charge is 2.26. The van der Waals surface area contributed by atoms with Gasteiger partial charge in [-0.2, -0.15) is 4.31 Å². The Morgan fingerprint density at radius 3 is 2.50 bits per heavy atom. The molecule has 2 aliphatic heterocycles. The molecule has 0 spiro atoms. The monoisotopic (exact) mass is 450 g/mol. The Morgan fingerprint density at radius 1 is 0.938 bits per heavy atom. The fourth-order valence-electron chi connectivity index (χ4n) is 4.48. The summed E-state index contributed by atoms with van der Waals surface area (Å²) in [6.07, 6.45) is 6.84. The van der Waals surface area contributed by atoms with Gasteiger partial charge in [-0.25, -0.2) is 13.4 Å². The van der Waals surface area contributed by atoms with Crippen LogP contribution in [0.5, 0.6) is 0 Å². The van der Waals surface area contributed by atoms with Crippen LogP contribution in [0.3, 0.4) is 0 Å². The molecule has 1 fully saturated rings. The van der Waals surface area contributed by atoms with Crippen molar-refractivity contribution in [2.24, 2.45) is 0 Å². The van der Waals surface area contributed by atoms with E-state index in [1.165, 1.54) is 16.4 Å². The number of hydrogen-bond donors (Lipinski definition) is 1. The maximum absolute atomic E-state index is 12.8. The van der Waals surface area contributed by atoms with Gasteiger partial charge >= 0.3 is 0 Å². The summed E-state index contributed by atoms with van der Waals surface area (Å²) in [4.78, 5) is 17.5. The topological polar surface area (TPSA) is 84.3 Å². The molecule has 1 aromatic heterocycles. The second kappa shape index (κ2) is 8.52. The smallest absolute Gasteiger partial charge is 0.255 e. The molecule has 0 atom stereocenters. The van der Waals surface area contributed by atoms with Gasteiger partial charge in [0.2, 0.25) is 10.0 Å². The van der Waals surface area contributed by atoms with Crippen LogP contribution in [0.1, 0.15) is 41.9 Å². The molecule has 2 aliphatic rings. The number of nitrogens with zero attached hydrogens (tertiary/aromatic N) is 3. The van der Waals surface area contributed by atoms with E-state index >= 15 is 0 Å². The lowest BCUT2D eigenvalue weighted by molar-refractivity contribution is 0.102. The lowest BCUT2D eigenvalue weighted by Crippen LogP contribution is -2.35. The lowest BCUT2D eigenvalue weighted by atomic mass is 10.1. The SMILES string of the molecule is O=C(Nc1cccc(-c2cnc3n2CCC3)c1)c1ccc(S(=O)(=O)N2CCCCC2)cc1. The van der Waals surface area contributed by atoms with Crippen molar-refractivity contribution in [1.82, 2.24) is 13.9 Å². The van der Waals surface area contributed by atoms with Crippen molar-refractivity contribution in [1.29, 1.82) is 0 Å². The first-order chi connectivity index (χ1) is 15.5. The zero-order chi connectivity index (χ0) is 22.1. The van der Waals surface area contributed by atoms with E-state index in [2.05, 4.69) is 14.9 Å². The van der Waals surface area contributed by atoms with Gasteiger partial charge in [-0.05, 0) is 55.7 Å². The quantitative estimate of drug-likeness (QED) is 0.639. The number of piperidine rings is 1. The van der Waals surface area contributed by atoms with Gasteiger partial charge in [-0.1, -0.05) is 18.6 Å². The molecule has 166 valence electrons. The second-order valence-electron chi connectivity index (χ2n) is 8.34. The standard InChI is InChI=1S/C24H26N4O3S/c29-24(18-9-11-21(12-10-18)32(30,31)27-13-2-1-3-14-27)26-20-7-4-6-19(16-20)22-17-25-23-8-5-15-28(22)23/h4,6-7,9-12,16-17H,1-3,5,8,13-15H2,(H,26,29). The average Bonchev–Trinajstić information content (AvgIpc) is 3.44. The van der Waals surface area contributed by atoms with Gasteiger partial charge in [0, 0.05) is 42.9 Å². The van der Waals surface area contributed by atoms with Crippen LogP contribution < -0.4 is 5.32 Å². The summed E-state index contributed by atoms with van der Waals surface area (Å²) in [6, 6.07) is 13.9. The molecule has 32 heavy (non-hydrogen) atoms. The normalized spacial score (nSPS) is 16.6. The van der Waals surface area contributed by atoms with Gasteiger partial charge < -0.3 is 9.88 Å². The number of anilines is 1. The highest BCUT2D eigenvalue weighted by Crippen LogP contribution is 2.28. The number of hydrogen-bond acceptors (Lipinski definition) is 4. The molecule has 1 saturated heterocycles. The third-order valence-electron chi connectivity index (χ3n) is 6.21. The maximum Gasteiger partial charge on any atom is 0.255 e. The lowest BCUT2D eigenvalue weighted by Gasteiger charge is -2.25. The Kier molecular flexibility index (Phi) is 5.57. The Bertz CT molecular complexity index is 1240. The van der Waals surface area contributed by atoms with Crippen LogP contribution in [-0.2, 0) is 23.0 Å². The van der Waals surface area contributed by atoms with E-state index in [-0.39, 0.29) is 10.8 Å². The van der Waals surface area contributed by atoms with Crippen molar-refractivity contribution in [2.75, 3.05) is 18.4 Å². The Hall–Kier alpha value is -2.97. The summed E-state index contributed by atoms with van der Waals surface area (Å²) in [5.74, 6) is 0.830. The molecule has 1 N–H and O–H groups in total. The number of carbonyl (C=O) groups is 1. The molecule has 3 aromatic rings. The maximum atomic E-state index is 12.8. The minimum Gasteiger partial charge on any atom is -0.328 e. The number of aryl methyl sites for hydroxylation is 1. The van der Waals surface area contributed by atoms with Gasteiger partial charge in [0.05, 0.1) is 16.8 Å². The number of amides is 1. The molecule has 1 amide bonds. The van der Waals surface area contributed by atoms with Gasteiger partial charge in [0.1, 0.15) is 5.82 Å². The van der Waals surface area contributed by atoms with Crippen molar-refractivity contribution in [3.8, 4) is 11.3 Å². The zero-order valence-corrected chi connectivity index (χ0v) is 18.6. The van der Waals surface area contributed by atoms with E-state index in [0.29, 0.717) is 24.3 Å². The number of benzene rings is 2. The van der Waals surface area contributed by atoms with Crippen molar-refractivity contribution >= 4 is 21.6 Å². The largest absolute Gasteiger partial charge is 0.328 e. The van der Waals surface area contributed by atoms with Crippen molar-refractivity contribution in [3.05, 3.63) is 66.1 Å². The first kappa shape index (κ1) is 20.9. The van der Waals surface area contributed by atoms with E-state index in [4.69, 9.17) is 0 Å². The number of nitrogens with one attached hydrogen (secondary N) is 1. The molecule has 8 heteroatoms. The second-order valence-corrected chi connectivity index (χ2v) is 10.3. The summed E-state index contributed by atoms with van der Waals surface area (Å²) in [5, 5.41) is 2.92. The van der Waals surface area contributed by atoms with E-state index in [1.807, 2.05) is 30.5 Å². The minimum absolute atomic E-state index is 0.229. The number of rotatable bonds is 5. The Labute approximate surface area is 188 Å². The van der Waals surface area contributed by atoms with E-state index in [0.717, 1.165) is 55.7 Å². The van der Waals surface area contributed by atoms with Crippen LogP contribution in [0.2, 0.25) is 0 Å². The van der Waals surface area contributed by atoms with Gasteiger partial charge in [0.25, 0.3) is 5.91 Å². The molecule has 5 rings (SSSR count). The summed E-state index contributed by atoms with van der Waals surface area (Å²) < 4.78 is 29.4. The van der Waals surface area contributed by atoms with Crippen molar-refractivity contribution in [3.63, 3.8) is 0 Å². The van der Waals surface area contributed by atoms with Crippen LogP contribution in [0.15, 0.2) is 59.6 Å². The fourth-order valence-corrected chi connectivity index (χ4v) is 6.00. The third kappa shape index (κ3) is 3.96. The average molecular weight is 451 g/mol. The highest BCUT2D eigenvalue weighted by molar-refractivity contribution is 7.89. The molecule has 0 saturated carbocycles. The molecule has 7 nitrogen and oxygen atoms in total. The van der Waals surface area contributed by atoms with Crippen LogP contribution in [-0.4, -0.2) is 41.3 Å². The predicted molar refractivity (Wildman–Crippen MR) is 123 cm³/mol. The van der Waals surface area contributed by atoms with Crippen LogP contribution in [0.25, 0.3) is 11.3 Å². The summed E-state index contributed by atoms with van der Waals surface area (Å²) in [5.41, 5.74) is 3.16. The third-order valence-corrected chi connectivity index (χ3v) is 8.12. The minimum atomic E-state index is -3.51. The first-order valence-corrected chi connectivity index (χ1v) is 12.5. The van der Waals surface area contributed by atoms with Gasteiger partial charge in [-0.3, -0.25) is 4.79 Å². The first-order valence-electron chi connectivity index (χ1n) is 11.1. The van der Waals surface area contributed by atoms with E-state index < -0.39 is 10.0 Å². The summed E-state index contributed by atoms with van der Waals surface area (Å²) >= 11 is 0. The molecule has 0 radical (unpaired) electrons. The molecule has 0 bridgehead atoms. The number of carbonyl (C=O) groups excluding carboxylic acids is 1. The van der Waals surface area contributed by atoms with Gasteiger partial charge in [0.15, 0.2) is 0 Å². The van der Waals surface area contributed by atoms with Crippen molar-refractivity contribution in [2.45, 2.75) is 43.5 Å². The predicted octanol–water partition coefficient (Wildman–Crippen LogP) is 3.92. The van der Waals surface area contributed by atoms with Crippen LogP contribution in [0, 0.1) is 0 Å². The fraction of sp³-hybridized carbons (Fsp3) is 0.333. The van der Waals surface area contributed by atoms with E-state index in [1.54, 1.807) is 12.1 Å². The van der Waals surface area contributed by atoms with Gasteiger partial charge in [-0.15, -0.1) is 0 Å². The van der Waals surface area contributed by atoms with Crippen LogP contribution in [0.4, 0.5) is 5.69 Å². The van der Waals surface area contributed by atoms with Crippen LogP contribution >= 0.6 is 0 Å². The summed E-state index contributed by atoms with van der Waals surface area (Å²) in [6.45, 7) is 2.08. The highest BCUT2D eigenvalue weighted by atomic mass is 32.2.